The van der Waals surface area contributed by atoms with Gasteiger partial charge in [0.2, 0.25) is 0 Å². The summed E-state index contributed by atoms with van der Waals surface area (Å²) in [6.07, 6.45) is -3.12. The molecule has 86 valence electrons. The van der Waals surface area contributed by atoms with E-state index in [2.05, 4.69) is 15.9 Å². The number of aromatic carboxylic acids is 1. The van der Waals surface area contributed by atoms with Crippen molar-refractivity contribution in [3.05, 3.63) is 28.2 Å². The number of nitrogens with one attached hydrogen (secondary N) is 1. The largest absolute Gasteiger partial charge is 0.478 e. The molecule has 0 heterocycles. The number of carbonyl (C=O) groups excluding carboxylic acids is 1. The van der Waals surface area contributed by atoms with E-state index in [-0.39, 0.29) is 15.7 Å². The van der Waals surface area contributed by atoms with Gasteiger partial charge in [0.05, 0.1) is 11.3 Å². The molecule has 0 radical (unpaired) electrons. The lowest BCUT2D eigenvalue weighted by atomic mass is 10.2. The standard InChI is InChI=1S/C9H6BrF2NO3/c10-5-3-4(9(15)16)1-2-6(5)13-8(14)7(11)12/h1-3,7H,(H,13,14)(H,15,16). The Morgan fingerprint density at radius 1 is 1.38 bits per heavy atom. The highest BCUT2D eigenvalue weighted by molar-refractivity contribution is 9.10. The van der Waals surface area contributed by atoms with E-state index < -0.39 is 18.3 Å². The maximum atomic E-state index is 11.9. The highest BCUT2D eigenvalue weighted by atomic mass is 79.9. The van der Waals surface area contributed by atoms with E-state index in [9.17, 15) is 18.4 Å². The van der Waals surface area contributed by atoms with Crippen molar-refractivity contribution in [2.24, 2.45) is 0 Å². The molecule has 0 aliphatic heterocycles. The van der Waals surface area contributed by atoms with E-state index in [4.69, 9.17) is 5.11 Å². The monoisotopic (exact) mass is 293 g/mol. The second-order valence-electron chi connectivity index (χ2n) is 2.79. The Bertz CT molecular complexity index is 437. The Morgan fingerprint density at radius 2 is 2.00 bits per heavy atom. The van der Waals surface area contributed by atoms with Crippen LogP contribution in [0.4, 0.5) is 14.5 Å². The van der Waals surface area contributed by atoms with Crippen molar-refractivity contribution in [2.45, 2.75) is 6.43 Å². The number of carbonyl (C=O) groups is 2. The van der Waals surface area contributed by atoms with Crippen LogP contribution in [-0.2, 0) is 4.79 Å². The minimum absolute atomic E-state index is 0.0121. The van der Waals surface area contributed by atoms with Gasteiger partial charge in [-0.2, -0.15) is 8.78 Å². The van der Waals surface area contributed by atoms with Crippen LogP contribution in [0.25, 0.3) is 0 Å². The van der Waals surface area contributed by atoms with E-state index in [0.29, 0.717) is 0 Å². The van der Waals surface area contributed by atoms with Crippen LogP contribution in [0.3, 0.4) is 0 Å². The van der Waals surface area contributed by atoms with Gasteiger partial charge in [0.15, 0.2) is 0 Å². The van der Waals surface area contributed by atoms with Crippen molar-refractivity contribution in [3.8, 4) is 0 Å². The highest BCUT2D eigenvalue weighted by Crippen LogP contribution is 2.24. The van der Waals surface area contributed by atoms with Crippen molar-refractivity contribution in [3.63, 3.8) is 0 Å². The van der Waals surface area contributed by atoms with Gasteiger partial charge in [0.25, 0.3) is 5.91 Å². The summed E-state index contributed by atoms with van der Waals surface area (Å²) in [5, 5.41) is 10.6. The van der Waals surface area contributed by atoms with E-state index in [1.54, 1.807) is 0 Å². The number of amides is 1. The van der Waals surface area contributed by atoms with Gasteiger partial charge in [-0.1, -0.05) is 0 Å². The SMILES string of the molecule is O=C(O)c1ccc(NC(=O)C(F)F)c(Br)c1. The molecule has 0 saturated heterocycles. The molecule has 1 aromatic carbocycles. The second-order valence-corrected chi connectivity index (χ2v) is 3.64. The Balaban J connectivity index is 2.91. The zero-order valence-electron chi connectivity index (χ0n) is 7.71. The van der Waals surface area contributed by atoms with Crippen molar-refractivity contribution in [1.29, 1.82) is 0 Å². The zero-order valence-corrected chi connectivity index (χ0v) is 9.29. The van der Waals surface area contributed by atoms with Crippen molar-refractivity contribution in [2.75, 3.05) is 5.32 Å². The molecule has 0 fully saturated rings. The summed E-state index contributed by atoms with van der Waals surface area (Å²) < 4.78 is 24.1. The van der Waals surface area contributed by atoms with Gasteiger partial charge in [-0.25, -0.2) is 4.79 Å². The first-order chi connectivity index (χ1) is 7.41. The number of alkyl halides is 2. The first kappa shape index (κ1) is 12.6. The van der Waals surface area contributed by atoms with E-state index in [0.717, 1.165) is 0 Å². The molecule has 2 N–H and O–H groups in total. The van der Waals surface area contributed by atoms with Crippen LogP contribution in [-0.4, -0.2) is 23.4 Å². The van der Waals surface area contributed by atoms with Gasteiger partial charge < -0.3 is 10.4 Å². The molecule has 0 spiro atoms. The van der Waals surface area contributed by atoms with Crippen molar-refractivity contribution < 1.29 is 23.5 Å². The minimum Gasteiger partial charge on any atom is -0.478 e. The first-order valence-electron chi connectivity index (χ1n) is 4.03. The molecular formula is C9H6BrF2NO3. The van der Waals surface area contributed by atoms with E-state index >= 15 is 0 Å². The Morgan fingerprint density at radius 3 is 2.44 bits per heavy atom. The molecule has 0 aliphatic rings. The smallest absolute Gasteiger partial charge is 0.335 e. The van der Waals surface area contributed by atoms with Crippen LogP contribution in [0.15, 0.2) is 22.7 Å². The maximum Gasteiger partial charge on any atom is 0.335 e. The number of anilines is 1. The van der Waals surface area contributed by atoms with Crippen LogP contribution in [0.5, 0.6) is 0 Å². The van der Waals surface area contributed by atoms with Crippen LogP contribution in [0.2, 0.25) is 0 Å². The summed E-state index contributed by atoms with van der Waals surface area (Å²) in [6.45, 7) is 0. The predicted molar refractivity (Wildman–Crippen MR) is 55.7 cm³/mol. The van der Waals surface area contributed by atoms with Crippen LogP contribution >= 0.6 is 15.9 Å². The van der Waals surface area contributed by atoms with Gasteiger partial charge in [-0.15, -0.1) is 0 Å². The number of halogens is 3. The highest BCUT2D eigenvalue weighted by Gasteiger charge is 2.16. The number of carboxylic acid groups (broad SMARTS) is 1. The fourth-order valence-corrected chi connectivity index (χ4v) is 1.41. The average Bonchev–Trinajstić information content (AvgIpc) is 2.20. The zero-order chi connectivity index (χ0) is 12.3. The lowest BCUT2D eigenvalue weighted by Crippen LogP contribution is -2.20. The summed E-state index contributed by atoms with van der Waals surface area (Å²) >= 11 is 2.97. The third-order valence-electron chi connectivity index (χ3n) is 1.67. The normalized spacial score (nSPS) is 10.2. The lowest BCUT2D eigenvalue weighted by Gasteiger charge is -2.07. The molecular weight excluding hydrogens is 288 g/mol. The fourth-order valence-electron chi connectivity index (χ4n) is 0.937. The molecule has 1 rings (SSSR count). The number of carboxylic acids is 1. The van der Waals surface area contributed by atoms with Crippen LogP contribution < -0.4 is 5.32 Å². The van der Waals surface area contributed by atoms with E-state index in [1.165, 1.54) is 18.2 Å². The van der Waals surface area contributed by atoms with Crippen LogP contribution in [0.1, 0.15) is 10.4 Å². The van der Waals surface area contributed by atoms with Crippen molar-refractivity contribution in [1.82, 2.24) is 0 Å². The Labute approximate surface area is 97.4 Å². The first-order valence-corrected chi connectivity index (χ1v) is 4.83. The summed E-state index contributed by atoms with van der Waals surface area (Å²) in [4.78, 5) is 21.3. The third-order valence-corrected chi connectivity index (χ3v) is 2.33. The average molecular weight is 294 g/mol. The van der Waals surface area contributed by atoms with E-state index in [1.807, 2.05) is 5.32 Å². The quantitative estimate of drug-likeness (QED) is 0.899. The molecule has 0 unspecified atom stereocenters. The second kappa shape index (κ2) is 5.02. The molecule has 0 bridgehead atoms. The van der Waals surface area contributed by atoms with Gasteiger partial charge in [-0.3, -0.25) is 4.79 Å². The molecule has 0 atom stereocenters. The van der Waals surface area contributed by atoms with Crippen LogP contribution in [0, 0.1) is 0 Å². The molecule has 0 aromatic heterocycles. The number of rotatable bonds is 3. The van der Waals surface area contributed by atoms with Gasteiger partial charge in [-0.05, 0) is 34.1 Å². The summed E-state index contributed by atoms with van der Waals surface area (Å²) in [7, 11) is 0. The maximum absolute atomic E-state index is 11.9. The molecule has 1 aromatic rings. The Hall–Kier alpha value is -1.50. The van der Waals surface area contributed by atoms with Crippen molar-refractivity contribution >= 4 is 33.5 Å². The number of hydrogen-bond donors (Lipinski definition) is 2. The third kappa shape index (κ3) is 2.99. The topological polar surface area (TPSA) is 66.4 Å². The Kier molecular flexibility index (Phi) is 3.94. The molecule has 0 saturated carbocycles. The molecule has 0 aliphatic carbocycles. The molecule has 1 amide bonds. The van der Waals surface area contributed by atoms with Gasteiger partial charge in [0.1, 0.15) is 0 Å². The number of benzene rings is 1. The minimum atomic E-state index is -3.12. The summed E-state index contributed by atoms with van der Waals surface area (Å²) in [5.41, 5.74) is 0.0808. The van der Waals surface area contributed by atoms with Gasteiger partial charge in [0, 0.05) is 4.47 Å². The molecule has 4 nitrogen and oxygen atoms in total. The number of hydrogen-bond acceptors (Lipinski definition) is 2. The summed E-state index contributed by atoms with van der Waals surface area (Å²) in [5.74, 6) is -2.59. The fraction of sp³-hybridized carbons (Fsp3) is 0.111. The molecule has 7 heteroatoms. The lowest BCUT2D eigenvalue weighted by molar-refractivity contribution is -0.126. The predicted octanol–water partition coefficient (Wildman–Crippen LogP) is 2.35. The molecule has 16 heavy (non-hydrogen) atoms. The van der Waals surface area contributed by atoms with Gasteiger partial charge >= 0.3 is 12.4 Å². The summed E-state index contributed by atoms with van der Waals surface area (Å²) in [6, 6.07) is 3.64.